The van der Waals surface area contributed by atoms with Gasteiger partial charge in [0.25, 0.3) is 11.6 Å². The molecule has 1 atom stereocenters. The van der Waals surface area contributed by atoms with Crippen molar-refractivity contribution >= 4 is 23.4 Å². The molecular formula is C21H23N3O3S. The van der Waals surface area contributed by atoms with Crippen LogP contribution in [0, 0.1) is 10.1 Å². The molecule has 4 rings (SSSR count). The zero-order valence-electron chi connectivity index (χ0n) is 15.6. The average molecular weight is 398 g/mol. The Morgan fingerprint density at radius 3 is 2.43 bits per heavy atom. The van der Waals surface area contributed by atoms with Crippen molar-refractivity contribution in [3.05, 3.63) is 69.8 Å². The van der Waals surface area contributed by atoms with Gasteiger partial charge in [-0.1, -0.05) is 30.3 Å². The van der Waals surface area contributed by atoms with E-state index in [4.69, 9.17) is 0 Å². The number of nitrogens with zero attached hydrogens (tertiary/aromatic N) is 3. The lowest BCUT2D eigenvalue weighted by Gasteiger charge is -2.38. The largest absolute Gasteiger partial charge is 0.321 e. The van der Waals surface area contributed by atoms with Gasteiger partial charge in [0.2, 0.25) is 0 Å². The van der Waals surface area contributed by atoms with Gasteiger partial charge < -0.3 is 9.80 Å². The standard InChI is InChI=1S/C21H23N3O3S/c25-20-18-6-2-3-7-19(18)28-21(16-8-10-17(11-9-16)24(26)27)23(20)15-14-22-12-4-1-5-13-22/h2-3,6-11,21H,1,4-5,12-15H2. The summed E-state index contributed by atoms with van der Waals surface area (Å²) < 4.78 is 0. The van der Waals surface area contributed by atoms with E-state index in [2.05, 4.69) is 4.90 Å². The first-order valence-corrected chi connectivity index (χ1v) is 10.5. The average Bonchev–Trinajstić information content (AvgIpc) is 2.74. The number of likely N-dealkylation sites (tertiary alicyclic amines) is 1. The first-order valence-electron chi connectivity index (χ1n) is 9.67. The molecule has 146 valence electrons. The number of non-ortho nitro benzene ring substituents is 1. The molecule has 2 aromatic carbocycles. The van der Waals surface area contributed by atoms with Gasteiger partial charge in [-0.15, -0.1) is 0 Å². The van der Waals surface area contributed by atoms with E-state index < -0.39 is 4.92 Å². The second kappa shape index (κ2) is 8.32. The van der Waals surface area contributed by atoms with Crippen molar-refractivity contribution in [3.63, 3.8) is 0 Å². The maximum absolute atomic E-state index is 13.2. The molecule has 0 saturated carbocycles. The Morgan fingerprint density at radius 2 is 1.71 bits per heavy atom. The zero-order chi connectivity index (χ0) is 19.5. The molecule has 0 bridgehead atoms. The molecule has 0 aliphatic carbocycles. The Balaban J connectivity index is 1.60. The fourth-order valence-corrected chi connectivity index (χ4v) is 5.15. The van der Waals surface area contributed by atoms with E-state index in [1.807, 2.05) is 29.2 Å². The lowest BCUT2D eigenvalue weighted by atomic mass is 10.1. The van der Waals surface area contributed by atoms with E-state index >= 15 is 0 Å². The monoisotopic (exact) mass is 397 g/mol. The molecule has 0 spiro atoms. The summed E-state index contributed by atoms with van der Waals surface area (Å²) in [5.41, 5.74) is 1.72. The van der Waals surface area contributed by atoms with Gasteiger partial charge in [-0.25, -0.2) is 0 Å². The first kappa shape index (κ1) is 19.0. The number of amides is 1. The molecule has 1 saturated heterocycles. The van der Waals surface area contributed by atoms with E-state index in [9.17, 15) is 14.9 Å². The Kier molecular flexibility index (Phi) is 5.64. The van der Waals surface area contributed by atoms with Crippen molar-refractivity contribution < 1.29 is 9.72 Å². The van der Waals surface area contributed by atoms with Gasteiger partial charge in [-0.2, -0.15) is 0 Å². The molecule has 2 aliphatic rings. The predicted molar refractivity (Wildman–Crippen MR) is 109 cm³/mol. The van der Waals surface area contributed by atoms with Gasteiger partial charge in [0.15, 0.2) is 0 Å². The van der Waals surface area contributed by atoms with Gasteiger partial charge in [0, 0.05) is 30.1 Å². The van der Waals surface area contributed by atoms with Crippen LogP contribution in [0.25, 0.3) is 0 Å². The minimum Gasteiger partial charge on any atom is -0.321 e. The lowest BCUT2D eigenvalue weighted by molar-refractivity contribution is -0.384. The second-order valence-corrected chi connectivity index (χ2v) is 8.34. The van der Waals surface area contributed by atoms with E-state index in [0.717, 1.165) is 35.7 Å². The number of nitro benzene ring substituents is 1. The van der Waals surface area contributed by atoms with Crippen LogP contribution in [-0.2, 0) is 0 Å². The van der Waals surface area contributed by atoms with Crippen molar-refractivity contribution in [2.24, 2.45) is 0 Å². The molecule has 1 fully saturated rings. The van der Waals surface area contributed by atoms with Gasteiger partial charge in [0.05, 0.1) is 10.5 Å². The number of carbonyl (C=O) groups excluding carboxylic acids is 1. The molecule has 7 heteroatoms. The quantitative estimate of drug-likeness (QED) is 0.555. The number of piperidine rings is 1. The fourth-order valence-electron chi connectivity index (χ4n) is 3.85. The van der Waals surface area contributed by atoms with E-state index in [0.29, 0.717) is 6.54 Å². The molecule has 2 aromatic rings. The van der Waals surface area contributed by atoms with E-state index in [1.165, 1.54) is 31.4 Å². The topological polar surface area (TPSA) is 66.7 Å². The van der Waals surface area contributed by atoms with Crippen molar-refractivity contribution in [3.8, 4) is 0 Å². The first-order chi connectivity index (χ1) is 13.6. The van der Waals surface area contributed by atoms with Crippen molar-refractivity contribution in [1.29, 1.82) is 0 Å². The second-order valence-electron chi connectivity index (χ2n) is 7.22. The number of nitro groups is 1. The summed E-state index contributed by atoms with van der Waals surface area (Å²) in [6, 6.07) is 14.3. The summed E-state index contributed by atoms with van der Waals surface area (Å²) in [5, 5.41) is 10.8. The molecule has 0 N–H and O–H groups in total. The molecule has 0 radical (unpaired) electrons. The molecule has 1 unspecified atom stereocenters. The lowest BCUT2D eigenvalue weighted by Crippen LogP contribution is -2.43. The van der Waals surface area contributed by atoms with Crippen LogP contribution in [-0.4, -0.2) is 46.8 Å². The number of carbonyl (C=O) groups is 1. The highest BCUT2D eigenvalue weighted by atomic mass is 32.2. The Labute approximate surface area is 168 Å². The van der Waals surface area contributed by atoms with Crippen LogP contribution >= 0.6 is 11.8 Å². The van der Waals surface area contributed by atoms with Crippen molar-refractivity contribution in [2.75, 3.05) is 26.2 Å². The van der Waals surface area contributed by atoms with Crippen molar-refractivity contribution in [2.45, 2.75) is 29.5 Å². The van der Waals surface area contributed by atoms with Crippen LogP contribution < -0.4 is 0 Å². The highest BCUT2D eigenvalue weighted by Gasteiger charge is 2.34. The maximum Gasteiger partial charge on any atom is 0.269 e. The molecule has 2 aliphatic heterocycles. The summed E-state index contributed by atoms with van der Waals surface area (Å²) in [5.74, 6) is 0.0368. The third kappa shape index (κ3) is 3.91. The molecule has 1 amide bonds. The Morgan fingerprint density at radius 1 is 1.00 bits per heavy atom. The number of hydrogen-bond donors (Lipinski definition) is 0. The number of thioether (sulfide) groups is 1. The Bertz CT molecular complexity index is 865. The number of benzene rings is 2. The number of hydrogen-bond acceptors (Lipinski definition) is 5. The molecular weight excluding hydrogens is 374 g/mol. The Hall–Kier alpha value is -2.38. The fraction of sp³-hybridized carbons (Fsp3) is 0.381. The van der Waals surface area contributed by atoms with Crippen LogP contribution in [0.2, 0.25) is 0 Å². The van der Waals surface area contributed by atoms with E-state index in [1.54, 1.807) is 23.9 Å². The molecule has 0 aromatic heterocycles. The number of rotatable bonds is 5. The summed E-state index contributed by atoms with van der Waals surface area (Å²) in [6.45, 7) is 3.70. The predicted octanol–water partition coefficient (Wildman–Crippen LogP) is 4.33. The SMILES string of the molecule is O=C1c2ccccc2SC(c2ccc([N+](=O)[O-])cc2)N1CCN1CCCCC1. The third-order valence-electron chi connectivity index (χ3n) is 5.39. The minimum absolute atomic E-state index is 0.0368. The normalized spacial score (nSPS) is 20.1. The van der Waals surface area contributed by atoms with Crippen LogP contribution in [0.5, 0.6) is 0 Å². The van der Waals surface area contributed by atoms with Gasteiger partial charge >= 0.3 is 0 Å². The maximum atomic E-state index is 13.2. The summed E-state index contributed by atoms with van der Waals surface area (Å²) in [7, 11) is 0. The van der Waals surface area contributed by atoms with Gasteiger partial charge in [0.1, 0.15) is 5.37 Å². The molecule has 6 nitrogen and oxygen atoms in total. The summed E-state index contributed by atoms with van der Waals surface area (Å²) >= 11 is 1.64. The third-order valence-corrected chi connectivity index (χ3v) is 6.75. The summed E-state index contributed by atoms with van der Waals surface area (Å²) in [6.07, 6.45) is 3.72. The highest BCUT2D eigenvalue weighted by molar-refractivity contribution is 7.99. The van der Waals surface area contributed by atoms with Gasteiger partial charge in [-0.05, 0) is 55.8 Å². The smallest absolute Gasteiger partial charge is 0.269 e. The van der Waals surface area contributed by atoms with Crippen molar-refractivity contribution in [1.82, 2.24) is 9.80 Å². The van der Waals surface area contributed by atoms with Crippen LogP contribution in [0.3, 0.4) is 0 Å². The van der Waals surface area contributed by atoms with Gasteiger partial charge in [-0.3, -0.25) is 14.9 Å². The number of fused-ring (bicyclic) bond motifs is 1. The minimum atomic E-state index is -0.396. The molecule has 2 heterocycles. The van der Waals surface area contributed by atoms with Crippen LogP contribution in [0.4, 0.5) is 5.69 Å². The highest BCUT2D eigenvalue weighted by Crippen LogP contribution is 2.44. The molecule has 28 heavy (non-hydrogen) atoms. The zero-order valence-corrected chi connectivity index (χ0v) is 16.4. The summed E-state index contributed by atoms with van der Waals surface area (Å²) in [4.78, 5) is 29.1. The van der Waals surface area contributed by atoms with E-state index in [-0.39, 0.29) is 17.0 Å². The van der Waals surface area contributed by atoms with Crippen LogP contribution in [0.1, 0.15) is 40.6 Å². The van der Waals surface area contributed by atoms with Crippen LogP contribution in [0.15, 0.2) is 53.4 Å².